The van der Waals surface area contributed by atoms with Gasteiger partial charge >= 0.3 is 0 Å². The molecule has 2 amide bonds. The van der Waals surface area contributed by atoms with Gasteiger partial charge in [-0.3, -0.25) is 9.59 Å². The molecule has 0 spiro atoms. The van der Waals surface area contributed by atoms with E-state index < -0.39 is 0 Å². The minimum absolute atomic E-state index is 0.0483. The predicted molar refractivity (Wildman–Crippen MR) is 102 cm³/mol. The van der Waals surface area contributed by atoms with Crippen molar-refractivity contribution in [1.29, 1.82) is 0 Å². The summed E-state index contributed by atoms with van der Waals surface area (Å²) in [6.45, 7) is 1.96. The summed E-state index contributed by atoms with van der Waals surface area (Å²) in [5.74, 6) is 1.64. The van der Waals surface area contributed by atoms with Crippen LogP contribution in [0.1, 0.15) is 6.92 Å². The van der Waals surface area contributed by atoms with E-state index in [2.05, 4.69) is 5.32 Å². The van der Waals surface area contributed by atoms with Gasteiger partial charge in [0.05, 0.1) is 27.3 Å². The highest BCUT2D eigenvalue weighted by molar-refractivity contribution is 5.94. The molecule has 0 aliphatic heterocycles. The number of carbonyl (C=O) groups is 2. The lowest BCUT2D eigenvalue weighted by Crippen LogP contribution is -2.39. The van der Waals surface area contributed by atoms with Gasteiger partial charge in [-0.25, -0.2) is 0 Å². The first-order valence-corrected chi connectivity index (χ1v) is 8.48. The van der Waals surface area contributed by atoms with Crippen LogP contribution in [0.2, 0.25) is 0 Å². The quantitative estimate of drug-likeness (QED) is 0.732. The summed E-state index contributed by atoms with van der Waals surface area (Å²) in [6.07, 6.45) is 0. The smallest absolute Gasteiger partial charge is 0.243 e. The molecule has 0 aliphatic carbocycles. The van der Waals surface area contributed by atoms with Gasteiger partial charge in [-0.15, -0.1) is 0 Å². The molecule has 7 nitrogen and oxygen atoms in total. The molecular weight excluding hydrogens is 348 g/mol. The highest BCUT2D eigenvalue weighted by atomic mass is 16.5. The normalized spacial score (nSPS) is 10.0. The van der Waals surface area contributed by atoms with Crippen molar-refractivity contribution in [3.8, 4) is 17.2 Å². The third-order valence-corrected chi connectivity index (χ3v) is 3.84. The molecule has 0 atom stereocenters. The standard InChI is InChI=1S/C20H24N2O5/c1-15(23)22(12-13-27-19-10-8-18(26-3)9-11-19)14-20(24)21-16-4-6-17(25-2)7-5-16/h4-11H,12-14H2,1-3H3,(H,21,24). The Kier molecular flexibility index (Phi) is 7.49. The number of ether oxygens (including phenoxy) is 3. The molecule has 0 unspecified atom stereocenters. The maximum atomic E-state index is 12.2. The number of benzene rings is 2. The second-order valence-electron chi connectivity index (χ2n) is 5.74. The van der Waals surface area contributed by atoms with Crippen molar-refractivity contribution in [2.45, 2.75) is 6.92 Å². The first-order chi connectivity index (χ1) is 13.0. The van der Waals surface area contributed by atoms with Gasteiger partial charge in [0, 0.05) is 12.6 Å². The van der Waals surface area contributed by atoms with E-state index in [1.807, 2.05) is 0 Å². The number of hydrogen-bond acceptors (Lipinski definition) is 5. The molecule has 7 heteroatoms. The van der Waals surface area contributed by atoms with Gasteiger partial charge in [-0.2, -0.15) is 0 Å². The van der Waals surface area contributed by atoms with Gasteiger partial charge in [0.25, 0.3) is 0 Å². The van der Waals surface area contributed by atoms with E-state index in [-0.39, 0.29) is 25.0 Å². The average molecular weight is 372 g/mol. The van der Waals surface area contributed by atoms with Crippen LogP contribution in [0, 0.1) is 0 Å². The molecular formula is C20H24N2O5. The Morgan fingerprint density at radius 1 is 0.889 bits per heavy atom. The summed E-state index contributed by atoms with van der Waals surface area (Å²) in [6, 6.07) is 14.1. The van der Waals surface area contributed by atoms with Crippen LogP contribution < -0.4 is 19.5 Å². The Balaban J connectivity index is 1.82. The Morgan fingerprint density at radius 2 is 1.41 bits per heavy atom. The number of rotatable bonds is 9. The molecule has 2 aromatic rings. The van der Waals surface area contributed by atoms with Gasteiger partial charge in [0.1, 0.15) is 23.9 Å². The minimum Gasteiger partial charge on any atom is -0.497 e. The summed E-state index contributed by atoms with van der Waals surface area (Å²) < 4.78 is 15.8. The van der Waals surface area contributed by atoms with E-state index in [0.717, 1.165) is 5.75 Å². The van der Waals surface area contributed by atoms with Crippen molar-refractivity contribution in [2.75, 3.05) is 39.2 Å². The lowest BCUT2D eigenvalue weighted by atomic mass is 10.3. The SMILES string of the molecule is COc1ccc(NC(=O)CN(CCOc2ccc(OC)cc2)C(C)=O)cc1. The number of anilines is 1. The van der Waals surface area contributed by atoms with Crippen LogP contribution in [0.3, 0.4) is 0 Å². The van der Waals surface area contributed by atoms with Crippen LogP contribution >= 0.6 is 0 Å². The van der Waals surface area contributed by atoms with Crippen LogP contribution in [-0.2, 0) is 9.59 Å². The van der Waals surface area contributed by atoms with Crippen LogP contribution in [0.15, 0.2) is 48.5 Å². The number of carbonyl (C=O) groups excluding carboxylic acids is 2. The highest BCUT2D eigenvalue weighted by Crippen LogP contribution is 2.17. The van der Waals surface area contributed by atoms with Gasteiger partial charge in [-0.05, 0) is 48.5 Å². The number of hydrogen-bond donors (Lipinski definition) is 1. The van der Waals surface area contributed by atoms with Crippen molar-refractivity contribution >= 4 is 17.5 Å². The van der Waals surface area contributed by atoms with E-state index in [1.54, 1.807) is 62.8 Å². The fourth-order valence-corrected chi connectivity index (χ4v) is 2.34. The zero-order valence-electron chi connectivity index (χ0n) is 15.7. The highest BCUT2D eigenvalue weighted by Gasteiger charge is 2.14. The molecule has 1 N–H and O–H groups in total. The van der Waals surface area contributed by atoms with Crippen LogP contribution in [0.5, 0.6) is 17.2 Å². The van der Waals surface area contributed by atoms with E-state index in [4.69, 9.17) is 14.2 Å². The van der Waals surface area contributed by atoms with Gasteiger partial charge in [0.15, 0.2) is 0 Å². The van der Waals surface area contributed by atoms with Crippen molar-refractivity contribution < 1.29 is 23.8 Å². The van der Waals surface area contributed by atoms with Crippen molar-refractivity contribution in [3.05, 3.63) is 48.5 Å². The number of nitrogens with one attached hydrogen (secondary N) is 1. The number of methoxy groups -OCH3 is 2. The molecule has 27 heavy (non-hydrogen) atoms. The van der Waals surface area contributed by atoms with Crippen LogP contribution in [-0.4, -0.2) is 50.6 Å². The topological polar surface area (TPSA) is 77.1 Å². The Labute approximate surface area is 158 Å². The van der Waals surface area contributed by atoms with E-state index in [0.29, 0.717) is 23.7 Å². The lowest BCUT2D eigenvalue weighted by Gasteiger charge is -2.20. The van der Waals surface area contributed by atoms with E-state index in [9.17, 15) is 9.59 Å². The Morgan fingerprint density at radius 3 is 1.93 bits per heavy atom. The molecule has 0 fully saturated rings. The summed E-state index contributed by atoms with van der Waals surface area (Å²) in [5, 5.41) is 2.76. The molecule has 2 aromatic carbocycles. The second kappa shape index (κ2) is 10.1. The average Bonchev–Trinajstić information content (AvgIpc) is 2.68. The zero-order valence-corrected chi connectivity index (χ0v) is 15.7. The maximum Gasteiger partial charge on any atom is 0.243 e. The molecule has 0 bridgehead atoms. The Hall–Kier alpha value is -3.22. The molecule has 0 radical (unpaired) electrons. The zero-order chi connectivity index (χ0) is 19.6. The molecule has 0 aliphatic rings. The second-order valence-corrected chi connectivity index (χ2v) is 5.74. The first-order valence-electron chi connectivity index (χ1n) is 8.48. The van der Waals surface area contributed by atoms with Crippen molar-refractivity contribution in [1.82, 2.24) is 4.90 Å². The van der Waals surface area contributed by atoms with Crippen molar-refractivity contribution in [2.24, 2.45) is 0 Å². The summed E-state index contributed by atoms with van der Waals surface area (Å²) in [4.78, 5) is 25.4. The van der Waals surface area contributed by atoms with E-state index >= 15 is 0 Å². The molecule has 0 aromatic heterocycles. The van der Waals surface area contributed by atoms with Crippen LogP contribution in [0.25, 0.3) is 0 Å². The van der Waals surface area contributed by atoms with Crippen LogP contribution in [0.4, 0.5) is 5.69 Å². The lowest BCUT2D eigenvalue weighted by molar-refractivity contribution is -0.133. The third-order valence-electron chi connectivity index (χ3n) is 3.84. The van der Waals surface area contributed by atoms with Crippen molar-refractivity contribution in [3.63, 3.8) is 0 Å². The van der Waals surface area contributed by atoms with Gasteiger partial charge in [0.2, 0.25) is 11.8 Å². The summed E-state index contributed by atoms with van der Waals surface area (Å²) in [5.41, 5.74) is 0.638. The minimum atomic E-state index is -0.278. The fraction of sp³-hybridized carbons (Fsp3) is 0.300. The fourth-order valence-electron chi connectivity index (χ4n) is 2.34. The maximum absolute atomic E-state index is 12.2. The third kappa shape index (κ3) is 6.54. The van der Waals surface area contributed by atoms with E-state index in [1.165, 1.54) is 11.8 Å². The number of nitrogens with zero attached hydrogens (tertiary/aromatic N) is 1. The summed E-state index contributed by atoms with van der Waals surface area (Å²) >= 11 is 0. The molecule has 0 heterocycles. The molecule has 2 rings (SSSR count). The monoisotopic (exact) mass is 372 g/mol. The van der Waals surface area contributed by atoms with Gasteiger partial charge in [-0.1, -0.05) is 0 Å². The Bertz CT molecular complexity index is 744. The summed E-state index contributed by atoms with van der Waals surface area (Å²) in [7, 11) is 3.17. The molecule has 0 saturated carbocycles. The molecule has 0 saturated heterocycles. The van der Waals surface area contributed by atoms with Gasteiger partial charge < -0.3 is 24.4 Å². The molecule has 144 valence electrons. The number of amides is 2. The largest absolute Gasteiger partial charge is 0.497 e. The first kappa shape index (κ1) is 20.1. The predicted octanol–water partition coefficient (Wildman–Crippen LogP) is 2.57.